The first-order chi connectivity index (χ1) is 10.9. The number of benzene rings is 1. The molecule has 23 heavy (non-hydrogen) atoms. The van der Waals surface area contributed by atoms with Crippen molar-refractivity contribution in [2.24, 2.45) is 0 Å². The Kier molecular flexibility index (Phi) is 7.14. The molecule has 0 saturated carbocycles. The Hall–Kier alpha value is -2.48. The van der Waals surface area contributed by atoms with Gasteiger partial charge in [0.2, 0.25) is 0 Å². The van der Waals surface area contributed by atoms with Crippen molar-refractivity contribution in [3.8, 4) is 11.5 Å². The number of rotatable bonds is 8. The predicted octanol–water partition coefficient (Wildman–Crippen LogP) is 0.806. The molecular formula is C15H21NO7. The summed E-state index contributed by atoms with van der Waals surface area (Å²) in [5.74, 6) is -0.411. The Morgan fingerprint density at radius 1 is 1.26 bits per heavy atom. The molecule has 2 atom stereocenters. The number of aliphatic hydroxyl groups is 1. The van der Waals surface area contributed by atoms with Gasteiger partial charge < -0.3 is 29.7 Å². The van der Waals surface area contributed by atoms with Gasteiger partial charge in [0.05, 0.1) is 26.9 Å². The highest BCUT2D eigenvalue weighted by Crippen LogP contribution is 2.28. The third-order valence-corrected chi connectivity index (χ3v) is 3.11. The number of hydrogen-bond donors (Lipinski definition) is 3. The Balaban J connectivity index is 2.99. The van der Waals surface area contributed by atoms with Crippen molar-refractivity contribution < 1.29 is 34.0 Å². The predicted molar refractivity (Wildman–Crippen MR) is 80.8 cm³/mol. The monoisotopic (exact) mass is 327 g/mol. The number of carbonyl (C=O) groups is 2. The molecule has 1 aromatic rings. The Labute approximate surface area is 134 Å². The van der Waals surface area contributed by atoms with Gasteiger partial charge in [-0.2, -0.15) is 0 Å². The number of alkyl carbamates (subject to hydrolysis) is 1. The van der Waals surface area contributed by atoms with Gasteiger partial charge in [-0.1, -0.05) is 6.07 Å². The van der Waals surface area contributed by atoms with Crippen molar-refractivity contribution in [1.82, 2.24) is 5.32 Å². The molecular weight excluding hydrogens is 306 g/mol. The summed E-state index contributed by atoms with van der Waals surface area (Å²) < 4.78 is 15.1. The van der Waals surface area contributed by atoms with Crippen LogP contribution >= 0.6 is 0 Å². The average molecular weight is 327 g/mol. The minimum Gasteiger partial charge on any atom is -0.493 e. The number of carbonyl (C=O) groups excluding carboxylic acids is 1. The van der Waals surface area contributed by atoms with Gasteiger partial charge in [0.25, 0.3) is 0 Å². The van der Waals surface area contributed by atoms with Gasteiger partial charge in [-0.15, -0.1) is 0 Å². The number of carboxylic acid groups (broad SMARTS) is 1. The number of nitrogens with one attached hydrogen (secondary N) is 1. The van der Waals surface area contributed by atoms with Crippen molar-refractivity contribution in [1.29, 1.82) is 0 Å². The molecule has 0 heterocycles. The van der Waals surface area contributed by atoms with Crippen LogP contribution in [0.15, 0.2) is 18.2 Å². The van der Waals surface area contributed by atoms with Crippen molar-refractivity contribution in [2.75, 3.05) is 20.8 Å². The molecule has 2 unspecified atom stereocenters. The second-order valence-electron chi connectivity index (χ2n) is 4.65. The Morgan fingerprint density at radius 2 is 1.96 bits per heavy atom. The van der Waals surface area contributed by atoms with E-state index < -0.39 is 24.2 Å². The number of ether oxygens (including phenoxy) is 3. The summed E-state index contributed by atoms with van der Waals surface area (Å²) in [7, 11) is 2.66. The van der Waals surface area contributed by atoms with E-state index in [1.54, 1.807) is 18.2 Å². The molecule has 0 aliphatic carbocycles. The zero-order valence-corrected chi connectivity index (χ0v) is 13.2. The van der Waals surface area contributed by atoms with Gasteiger partial charge in [-0.05, 0) is 31.0 Å². The lowest BCUT2D eigenvalue weighted by molar-refractivity contribution is -0.148. The lowest BCUT2D eigenvalue weighted by Crippen LogP contribution is -2.48. The van der Waals surface area contributed by atoms with Crippen LogP contribution in [0.3, 0.4) is 0 Å². The van der Waals surface area contributed by atoms with Crippen LogP contribution in [0.1, 0.15) is 12.5 Å². The summed E-state index contributed by atoms with van der Waals surface area (Å²) in [5, 5.41) is 21.0. The second kappa shape index (κ2) is 8.84. The third kappa shape index (κ3) is 5.33. The van der Waals surface area contributed by atoms with E-state index in [4.69, 9.17) is 14.6 Å². The summed E-state index contributed by atoms with van der Waals surface area (Å²) in [4.78, 5) is 22.3. The lowest BCUT2D eigenvalue weighted by atomic mass is 10.0. The molecule has 0 aromatic heterocycles. The van der Waals surface area contributed by atoms with Crippen LogP contribution in [0.25, 0.3) is 0 Å². The zero-order chi connectivity index (χ0) is 17.4. The van der Waals surface area contributed by atoms with E-state index in [2.05, 4.69) is 10.1 Å². The van der Waals surface area contributed by atoms with Gasteiger partial charge in [0.15, 0.2) is 17.6 Å². The lowest BCUT2D eigenvalue weighted by Gasteiger charge is -2.21. The van der Waals surface area contributed by atoms with E-state index in [-0.39, 0.29) is 6.42 Å². The van der Waals surface area contributed by atoms with Crippen LogP contribution in [0.5, 0.6) is 11.5 Å². The maximum Gasteiger partial charge on any atom is 0.407 e. The maximum atomic E-state index is 11.3. The fourth-order valence-electron chi connectivity index (χ4n) is 1.99. The van der Waals surface area contributed by atoms with Crippen LogP contribution in [0.4, 0.5) is 4.79 Å². The van der Waals surface area contributed by atoms with Gasteiger partial charge in [-0.3, -0.25) is 0 Å². The molecule has 128 valence electrons. The zero-order valence-electron chi connectivity index (χ0n) is 13.2. The highest BCUT2D eigenvalue weighted by Gasteiger charge is 2.28. The molecule has 0 aliphatic heterocycles. The van der Waals surface area contributed by atoms with E-state index >= 15 is 0 Å². The van der Waals surface area contributed by atoms with Crippen molar-refractivity contribution in [3.63, 3.8) is 0 Å². The van der Waals surface area contributed by atoms with E-state index in [1.807, 2.05) is 6.92 Å². The van der Waals surface area contributed by atoms with Crippen molar-refractivity contribution in [3.05, 3.63) is 23.8 Å². The smallest absolute Gasteiger partial charge is 0.407 e. The summed E-state index contributed by atoms with van der Waals surface area (Å²) in [6, 6.07) is 3.98. The van der Waals surface area contributed by atoms with Crippen LogP contribution in [-0.4, -0.2) is 55.2 Å². The molecule has 0 spiro atoms. The molecule has 0 radical (unpaired) electrons. The van der Waals surface area contributed by atoms with Gasteiger partial charge in [0.1, 0.15) is 0 Å². The fraction of sp³-hybridized carbons (Fsp3) is 0.467. The first-order valence-corrected chi connectivity index (χ1v) is 6.98. The maximum absolute atomic E-state index is 11.3. The molecule has 0 fully saturated rings. The molecule has 1 amide bonds. The minimum absolute atomic E-state index is 0.0760. The number of aliphatic carboxylic acids is 1. The van der Waals surface area contributed by atoms with E-state index in [0.717, 1.165) is 7.11 Å². The number of hydrogen-bond acceptors (Lipinski definition) is 6. The number of aliphatic hydroxyl groups excluding tert-OH is 1. The number of amides is 1. The molecule has 1 aromatic carbocycles. The van der Waals surface area contributed by atoms with Crippen LogP contribution in [0, 0.1) is 0 Å². The molecule has 0 saturated heterocycles. The van der Waals surface area contributed by atoms with Crippen LogP contribution in [0.2, 0.25) is 0 Å². The molecule has 8 heteroatoms. The summed E-state index contributed by atoms with van der Waals surface area (Å²) in [5.41, 5.74) is 0.663. The Bertz CT molecular complexity index is 547. The van der Waals surface area contributed by atoms with Crippen molar-refractivity contribution in [2.45, 2.75) is 25.5 Å². The first-order valence-electron chi connectivity index (χ1n) is 6.98. The van der Waals surface area contributed by atoms with Gasteiger partial charge >= 0.3 is 12.1 Å². The average Bonchev–Trinajstić information content (AvgIpc) is 2.53. The molecule has 3 N–H and O–H groups in total. The standard InChI is InChI=1S/C15H21NO7/c1-4-23-12-8-9(5-6-11(12)21-2)7-10(13(17)14(18)19)16-15(20)22-3/h5-6,8,10,13,17H,4,7H2,1-3H3,(H,16,20)(H,18,19). The molecule has 1 rings (SSSR count). The normalized spacial score (nSPS) is 12.9. The summed E-state index contributed by atoms with van der Waals surface area (Å²) in [6.07, 6.45) is -2.52. The SMILES string of the molecule is CCOc1cc(CC(NC(=O)OC)C(O)C(=O)O)ccc1OC. The topological polar surface area (TPSA) is 114 Å². The highest BCUT2D eigenvalue weighted by atomic mass is 16.5. The molecule has 0 bridgehead atoms. The van der Waals surface area contributed by atoms with Crippen LogP contribution in [-0.2, 0) is 16.0 Å². The fourth-order valence-corrected chi connectivity index (χ4v) is 1.99. The van der Waals surface area contributed by atoms with E-state index in [1.165, 1.54) is 7.11 Å². The molecule has 8 nitrogen and oxygen atoms in total. The summed E-state index contributed by atoms with van der Waals surface area (Å²) >= 11 is 0. The molecule has 0 aliphatic rings. The minimum atomic E-state index is -1.77. The third-order valence-electron chi connectivity index (χ3n) is 3.11. The second-order valence-corrected chi connectivity index (χ2v) is 4.65. The number of methoxy groups -OCH3 is 2. The Morgan fingerprint density at radius 3 is 2.48 bits per heavy atom. The largest absolute Gasteiger partial charge is 0.493 e. The highest BCUT2D eigenvalue weighted by molar-refractivity contribution is 5.75. The number of carboxylic acids is 1. The van der Waals surface area contributed by atoms with E-state index in [0.29, 0.717) is 23.7 Å². The summed E-state index contributed by atoms with van der Waals surface area (Å²) in [6.45, 7) is 2.25. The quantitative estimate of drug-likeness (QED) is 0.647. The van der Waals surface area contributed by atoms with Gasteiger partial charge in [-0.25, -0.2) is 9.59 Å². The van der Waals surface area contributed by atoms with E-state index in [9.17, 15) is 14.7 Å². The van der Waals surface area contributed by atoms with Gasteiger partial charge in [0, 0.05) is 0 Å². The van der Waals surface area contributed by atoms with Crippen molar-refractivity contribution >= 4 is 12.1 Å². The first kappa shape index (κ1) is 18.6. The van der Waals surface area contributed by atoms with Crippen LogP contribution < -0.4 is 14.8 Å².